The molecule has 0 amide bonds. The number of ether oxygens (including phenoxy) is 1. The highest BCUT2D eigenvalue weighted by atomic mass is 19.1. The van der Waals surface area contributed by atoms with Crippen LogP contribution < -0.4 is 4.74 Å². The fourth-order valence-electron chi connectivity index (χ4n) is 1.47. The van der Waals surface area contributed by atoms with Crippen molar-refractivity contribution in [3.05, 3.63) is 35.7 Å². The zero-order chi connectivity index (χ0) is 13.4. The van der Waals surface area contributed by atoms with E-state index < -0.39 is 11.8 Å². The van der Waals surface area contributed by atoms with Crippen molar-refractivity contribution in [3.8, 4) is 5.75 Å². The number of carboxylic acid groups (broad SMARTS) is 1. The van der Waals surface area contributed by atoms with Crippen LogP contribution in [0.1, 0.15) is 31.7 Å². The molecule has 0 fully saturated rings. The van der Waals surface area contributed by atoms with Gasteiger partial charge in [-0.3, -0.25) is 0 Å². The van der Waals surface area contributed by atoms with E-state index in [1.807, 2.05) is 0 Å². The van der Waals surface area contributed by atoms with Crippen LogP contribution in [-0.4, -0.2) is 17.7 Å². The van der Waals surface area contributed by atoms with E-state index in [1.165, 1.54) is 18.2 Å². The Morgan fingerprint density at radius 1 is 1.39 bits per heavy atom. The minimum atomic E-state index is -1.07. The van der Waals surface area contributed by atoms with Crippen LogP contribution in [0.15, 0.2) is 24.3 Å². The van der Waals surface area contributed by atoms with Gasteiger partial charge in [-0.25, -0.2) is 9.18 Å². The third-order valence-electron chi connectivity index (χ3n) is 2.33. The van der Waals surface area contributed by atoms with E-state index in [-0.39, 0.29) is 0 Å². The first-order valence-electron chi connectivity index (χ1n) is 5.96. The highest BCUT2D eigenvalue weighted by Gasteiger charge is 2.00. The third kappa shape index (κ3) is 5.48. The van der Waals surface area contributed by atoms with Gasteiger partial charge in [0.15, 0.2) is 0 Å². The van der Waals surface area contributed by atoms with E-state index in [0.717, 1.165) is 25.3 Å². The first-order chi connectivity index (χ1) is 8.61. The first kappa shape index (κ1) is 14.2. The SMILES string of the molecule is CCCCCOc1cc(F)cc(/C=C/C(=O)O)c1. The van der Waals surface area contributed by atoms with Gasteiger partial charge in [0.2, 0.25) is 0 Å². The first-order valence-corrected chi connectivity index (χ1v) is 5.96. The summed E-state index contributed by atoms with van der Waals surface area (Å²) in [5.41, 5.74) is 0.475. The lowest BCUT2D eigenvalue weighted by Gasteiger charge is -2.06. The molecule has 0 bridgehead atoms. The van der Waals surface area contributed by atoms with Crippen molar-refractivity contribution in [2.75, 3.05) is 6.61 Å². The van der Waals surface area contributed by atoms with Crippen molar-refractivity contribution >= 4 is 12.0 Å². The number of rotatable bonds is 7. The van der Waals surface area contributed by atoms with Crippen LogP contribution in [0.4, 0.5) is 4.39 Å². The lowest BCUT2D eigenvalue weighted by Crippen LogP contribution is -1.97. The van der Waals surface area contributed by atoms with E-state index in [0.29, 0.717) is 17.9 Å². The van der Waals surface area contributed by atoms with Crippen LogP contribution in [0.2, 0.25) is 0 Å². The van der Waals surface area contributed by atoms with Crippen molar-refractivity contribution in [2.45, 2.75) is 26.2 Å². The van der Waals surface area contributed by atoms with Gasteiger partial charge in [-0.2, -0.15) is 0 Å². The molecule has 1 aromatic rings. The summed E-state index contributed by atoms with van der Waals surface area (Å²) < 4.78 is 18.7. The summed E-state index contributed by atoms with van der Waals surface area (Å²) in [5.74, 6) is -1.08. The molecule has 18 heavy (non-hydrogen) atoms. The molecule has 0 radical (unpaired) electrons. The molecule has 0 saturated heterocycles. The maximum Gasteiger partial charge on any atom is 0.328 e. The molecule has 0 saturated carbocycles. The number of halogens is 1. The van der Waals surface area contributed by atoms with E-state index in [9.17, 15) is 9.18 Å². The number of aliphatic carboxylic acids is 1. The fourth-order valence-corrected chi connectivity index (χ4v) is 1.47. The molecular formula is C14H17FO3. The minimum Gasteiger partial charge on any atom is -0.493 e. The predicted molar refractivity (Wildman–Crippen MR) is 68.1 cm³/mol. The maximum absolute atomic E-state index is 13.3. The van der Waals surface area contributed by atoms with Gasteiger partial charge in [-0.05, 0) is 30.2 Å². The molecule has 0 atom stereocenters. The predicted octanol–water partition coefficient (Wildman–Crippen LogP) is 3.49. The zero-order valence-corrected chi connectivity index (χ0v) is 10.4. The fraction of sp³-hybridized carbons (Fsp3) is 0.357. The zero-order valence-electron chi connectivity index (χ0n) is 10.4. The topological polar surface area (TPSA) is 46.5 Å². The van der Waals surface area contributed by atoms with Crippen molar-refractivity contribution in [1.82, 2.24) is 0 Å². The molecule has 98 valence electrons. The average molecular weight is 252 g/mol. The largest absolute Gasteiger partial charge is 0.493 e. The van der Waals surface area contributed by atoms with Crippen LogP contribution in [0.3, 0.4) is 0 Å². The van der Waals surface area contributed by atoms with Crippen LogP contribution in [0.5, 0.6) is 5.75 Å². The van der Waals surface area contributed by atoms with Gasteiger partial charge in [0.25, 0.3) is 0 Å². The molecule has 1 rings (SSSR count). The molecule has 4 heteroatoms. The van der Waals surface area contributed by atoms with Crippen molar-refractivity contribution in [1.29, 1.82) is 0 Å². The normalized spacial score (nSPS) is 10.8. The molecule has 3 nitrogen and oxygen atoms in total. The summed E-state index contributed by atoms with van der Waals surface area (Å²) in [7, 11) is 0. The summed E-state index contributed by atoms with van der Waals surface area (Å²) in [6, 6.07) is 4.18. The van der Waals surface area contributed by atoms with Gasteiger partial charge in [-0.15, -0.1) is 0 Å². The Morgan fingerprint density at radius 2 is 2.17 bits per heavy atom. The second kappa shape index (κ2) is 7.48. The summed E-state index contributed by atoms with van der Waals surface area (Å²) in [6.07, 6.45) is 5.40. The highest BCUT2D eigenvalue weighted by molar-refractivity contribution is 5.85. The van der Waals surface area contributed by atoms with E-state index in [2.05, 4.69) is 6.92 Å². The summed E-state index contributed by atoms with van der Waals surface area (Å²) in [6.45, 7) is 2.64. The lowest BCUT2D eigenvalue weighted by atomic mass is 10.2. The number of carbonyl (C=O) groups is 1. The molecule has 0 aliphatic heterocycles. The molecule has 0 aliphatic rings. The molecule has 0 aliphatic carbocycles. The molecule has 1 aromatic carbocycles. The third-order valence-corrected chi connectivity index (χ3v) is 2.33. The highest BCUT2D eigenvalue weighted by Crippen LogP contribution is 2.18. The van der Waals surface area contributed by atoms with E-state index in [1.54, 1.807) is 6.07 Å². The van der Waals surface area contributed by atoms with Gasteiger partial charge in [-0.1, -0.05) is 19.8 Å². The van der Waals surface area contributed by atoms with Gasteiger partial charge in [0, 0.05) is 12.1 Å². The standard InChI is InChI=1S/C14H17FO3/c1-2-3-4-7-18-13-9-11(5-6-14(16)17)8-12(15)10-13/h5-6,8-10H,2-4,7H2,1H3,(H,16,17)/b6-5+. The molecular weight excluding hydrogens is 235 g/mol. The second-order valence-electron chi connectivity index (χ2n) is 3.95. The molecule has 0 spiro atoms. The second-order valence-corrected chi connectivity index (χ2v) is 3.95. The Labute approximate surface area is 106 Å². The Morgan fingerprint density at radius 3 is 2.83 bits per heavy atom. The number of hydrogen-bond donors (Lipinski definition) is 1. The number of unbranched alkanes of at least 4 members (excludes halogenated alkanes) is 2. The summed E-state index contributed by atoms with van der Waals surface area (Å²) in [4.78, 5) is 10.4. The number of hydrogen-bond acceptors (Lipinski definition) is 2. The summed E-state index contributed by atoms with van der Waals surface area (Å²) >= 11 is 0. The Hall–Kier alpha value is -1.84. The quantitative estimate of drug-likeness (QED) is 0.597. The summed E-state index contributed by atoms with van der Waals surface area (Å²) in [5, 5.41) is 8.50. The molecule has 0 unspecified atom stereocenters. The van der Waals surface area contributed by atoms with Crippen molar-refractivity contribution in [3.63, 3.8) is 0 Å². The van der Waals surface area contributed by atoms with Gasteiger partial charge >= 0.3 is 5.97 Å². The Balaban J connectivity index is 2.65. The number of benzene rings is 1. The van der Waals surface area contributed by atoms with Crippen LogP contribution in [0, 0.1) is 5.82 Å². The molecule has 0 aromatic heterocycles. The Bertz CT molecular complexity index is 427. The van der Waals surface area contributed by atoms with Gasteiger partial charge in [0.1, 0.15) is 11.6 Å². The van der Waals surface area contributed by atoms with Crippen LogP contribution in [0.25, 0.3) is 6.08 Å². The lowest BCUT2D eigenvalue weighted by molar-refractivity contribution is -0.131. The molecule has 1 N–H and O–H groups in total. The van der Waals surface area contributed by atoms with Crippen LogP contribution in [-0.2, 0) is 4.79 Å². The van der Waals surface area contributed by atoms with E-state index >= 15 is 0 Å². The van der Waals surface area contributed by atoms with Gasteiger partial charge in [0.05, 0.1) is 6.61 Å². The minimum absolute atomic E-state index is 0.427. The van der Waals surface area contributed by atoms with E-state index in [4.69, 9.17) is 9.84 Å². The number of carboxylic acids is 1. The average Bonchev–Trinajstić information content (AvgIpc) is 2.32. The van der Waals surface area contributed by atoms with Crippen LogP contribution >= 0.6 is 0 Å². The monoisotopic (exact) mass is 252 g/mol. The smallest absolute Gasteiger partial charge is 0.328 e. The van der Waals surface area contributed by atoms with Crippen molar-refractivity contribution < 1.29 is 19.0 Å². The van der Waals surface area contributed by atoms with Crippen molar-refractivity contribution in [2.24, 2.45) is 0 Å². The molecule has 0 heterocycles. The Kier molecular flexibility index (Phi) is 5.91. The maximum atomic E-state index is 13.3. The van der Waals surface area contributed by atoms with Gasteiger partial charge < -0.3 is 9.84 Å².